The number of hydrogen-bond donors (Lipinski definition) is 2. The Morgan fingerprint density at radius 1 is 1.32 bits per heavy atom. The number of amides is 1. The van der Waals surface area contributed by atoms with Crippen LogP contribution in [0.25, 0.3) is 6.08 Å². The third kappa shape index (κ3) is 5.29. The molecule has 6 nitrogen and oxygen atoms in total. The minimum Gasteiger partial charge on any atom is -0.507 e. The lowest BCUT2D eigenvalue weighted by atomic mass is 10.1. The van der Waals surface area contributed by atoms with Gasteiger partial charge in [-0.25, -0.2) is 9.59 Å². The molecule has 7 heteroatoms. The second-order valence-electron chi connectivity index (χ2n) is 5.35. The van der Waals surface area contributed by atoms with Gasteiger partial charge >= 0.3 is 12.1 Å². The molecule has 0 unspecified atom stereocenters. The van der Waals surface area contributed by atoms with Gasteiger partial charge in [0.25, 0.3) is 0 Å². The lowest BCUT2D eigenvalue weighted by molar-refractivity contribution is -0.136. The number of aromatic hydroxyl groups is 1. The normalized spacial score (nSPS) is 11.8. The highest BCUT2D eigenvalue weighted by Gasteiger charge is 2.20. The minimum atomic E-state index is -0.823. The Morgan fingerprint density at radius 3 is 2.45 bits per heavy atom. The minimum absolute atomic E-state index is 0.139. The molecule has 1 amide bonds. The van der Waals surface area contributed by atoms with Crippen LogP contribution in [-0.4, -0.2) is 29.9 Å². The maximum Gasteiger partial charge on any atom is 0.412 e. The monoisotopic (exact) mass is 327 g/mol. The molecule has 1 rings (SSSR count). The van der Waals surface area contributed by atoms with Crippen molar-refractivity contribution < 1.29 is 24.2 Å². The van der Waals surface area contributed by atoms with E-state index < -0.39 is 17.7 Å². The maximum absolute atomic E-state index is 11.8. The Balaban J connectivity index is 3.11. The molecule has 0 bridgehead atoms. The largest absolute Gasteiger partial charge is 0.507 e. The van der Waals surface area contributed by atoms with Gasteiger partial charge in [0.15, 0.2) is 0 Å². The summed E-state index contributed by atoms with van der Waals surface area (Å²) in [5.41, 5.74) is -0.751. The zero-order valence-electron chi connectivity index (χ0n) is 12.8. The summed E-state index contributed by atoms with van der Waals surface area (Å²) >= 11 is 5.96. The maximum atomic E-state index is 11.8. The van der Waals surface area contributed by atoms with Crippen LogP contribution in [0, 0.1) is 0 Å². The fraction of sp³-hybridized carbons (Fsp3) is 0.333. The van der Waals surface area contributed by atoms with Crippen molar-refractivity contribution >= 4 is 29.7 Å². The van der Waals surface area contributed by atoms with E-state index >= 15 is 0 Å². The first-order chi connectivity index (χ1) is 10.1. The number of esters is 1. The van der Waals surface area contributed by atoms with Crippen LogP contribution in [0.3, 0.4) is 0 Å². The number of ether oxygens (including phenoxy) is 2. The number of nitrogens with one attached hydrogen (secondary N) is 1. The van der Waals surface area contributed by atoms with Crippen molar-refractivity contribution in [1.82, 2.24) is 5.32 Å². The van der Waals surface area contributed by atoms with Crippen LogP contribution in [0.2, 0.25) is 5.02 Å². The number of benzene rings is 1. The van der Waals surface area contributed by atoms with Crippen LogP contribution in [0.15, 0.2) is 23.9 Å². The van der Waals surface area contributed by atoms with Gasteiger partial charge in [-0.3, -0.25) is 5.32 Å². The van der Waals surface area contributed by atoms with Crippen LogP contribution in [-0.2, 0) is 14.3 Å². The number of carbonyl (C=O) groups is 2. The van der Waals surface area contributed by atoms with Gasteiger partial charge in [-0.1, -0.05) is 17.7 Å². The molecule has 0 spiro atoms. The fourth-order valence-corrected chi connectivity index (χ4v) is 1.71. The lowest BCUT2D eigenvalue weighted by Crippen LogP contribution is -2.34. The number of phenols is 1. The van der Waals surface area contributed by atoms with Crippen molar-refractivity contribution in [2.45, 2.75) is 26.4 Å². The number of rotatable bonds is 3. The van der Waals surface area contributed by atoms with Crippen molar-refractivity contribution in [2.24, 2.45) is 0 Å². The Kier molecular flexibility index (Phi) is 5.82. The lowest BCUT2D eigenvalue weighted by Gasteiger charge is -2.20. The summed E-state index contributed by atoms with van der Waals surface area (Å²) < 4.78 is 9.66. The van der Waals surface area contributed by atoms with Crippen molar-refractivity contribution in [1.29, 1.82) is 0 Å². The van der Waals surface area contributed by atoms with Gasteiger partial charge in [-0.05, 0) is 39.0 Å². The molecule has 0 aliphatic heterocycles. The molecular formula is C15H18ClNO5. The summed E-state index contributed by atoms with van der Waals surface area (Å²) in [4.78, 5) is 23.5. The molecule has 0 aromatic heterocycles. The van der Waals surface area contributed by atoms with Crippen LogP contribution in [0.1, 0.15) is 26.3 Å². The first-order valence-electron chi connectivity index (χ1n) is 6.41. The smallest absolute Gasteiger partial charge is 0.412 e. The fourth-order valence-electron chi connectivity index (χ4n) is 1.48. The summed E-state index contributed by atoms with van der Waals surface area (Å²) in [5.74, 6) is -0.940. The Hall–Kier alpha value is -2.21. The van der Waals surface area contributed by atoms with E-state index in [9.17, 15) is 14.7 Å². The quantitative estimate of drug-likeness (QED) is 0.658. The summed E-state index contributed by atoms with van der Waals surface area (Å²) in [6.07, 6.45) is 0.392. The number of hydrogen-bond acceptors (Lipinski definition) is 5. The summed E-state index contributed by atoms with van der Waals surface area (Å²) in [6, 6.07) is 4.49. The number of methoxy groups -OCH3 is 1. The van der Waals surface area contributed by atoms with E-state index in [0.29, 0.717) is 0 Å². The van der Waals surface area contributed by atoms with Crippen LogP contribution in [0.5, 0.6) is 5.75 Å². The van der Waals surface area contributed by atoms with E-state index in [1.807, 2.05) is 0 Å². The second kappa shape index (κ2) is 7.17. The highest BCUT2D eigenvalue weighted by molar-refractivity contribution is 6.32. The third-order valence-electron chi connectivity index (χ3n) is 2.36. The SMILES string of the molecule is COC(=O)C(=Cc1c(O)cccc1Cl)NC(=O)OC(C)(C)C. The Bertz CT molecular complexity index is 584. The van der Waals surface area contributed by atoms with Crippen molar-refractivity contribution in [2.75, 3.05) is 7.11 Å². The molecule has 1 aromatic rings. The van der Waals surface area contributed by atoms with E-state index in [2.05, 4.69) is 10.1 Å². The molecule has 0 aliphatic rings. The van der Waals surface area contributed by atoms with E-state index in [0.717, 1.165) is 0 Å². The number of alkyl carbamates (subject to hydrolysis) is 1. The standard InChI is InChI=1S/C15H18ClNO5/c1-15(2,3)22-14(20)17-11(13(19)21-4)8-9-10(16)6-5-7-12(9)18/h5-8,18H,1-4H3,(H,17,20). The summed E-state index contributed by atoms with van der Waals surface area (Å²) in [6.45, 7) is 5.07. The molecule has 0 atom stereocenters. The molecule has 0 saturated heterocycles. The number of carbonyl (C=O) groups excluding carboxylic acids is 2. The van der Waals surface area contributed by atoms with Gasteiger partial charge in [-0.2, -0.15) is 0 Å². The number of halogens is 1. The Morgan fingerprint density at radius 2 is 1.95 bits per heavy atom. The van der Waals surface area contributed by atoms with Crippen molar-refractivity contribution in [3.63, 3.8) is 0 Å². The zero-order valence-corrected chi connectivity index (χ0v) is 13.5. The summed E-state index contributed by atoms with van der Waals surface area (Å²) in [5, 5.41) is 12.3. The predicted octanol–water partition coefficient (Wildman–Crippen LogP) is 3.08. The van der Waals surface area contributed by atoms with Gasteiger partial charge in [0, 0.05) is 5.56 Å². The molecule has 0 aliphatic carbocycles. The van der Waals surface area contributed by atoms with Gasteiger partial charge in [0.05, 0.1) is 12.1 Å². The molecule has 0 saturated carbocycles. The predicted molar refractivity (Wildman–Crippen MR) is 82.5 cm³/mol. The molecule has 0 heterocycles. The second-order valence-corrected chi connectivity index (χ2v) is 5.76. The molecule has 2 N–H and O–H groups in total. The van der Waals surface area contributed by atoms with E-state index in [-0.39, 0.29) is 22.0 Å². The third-order valence-corrected chi connectivity index (χ3v) is 2.69. The van der Waals surface area contributed by atoms with E-state index in [1.54, 1.807) is 26.8 Å². The molecular weight excluding hydrogens is 310 g/mol. The summed E-state index contributed by atoms with van der Waals surface area (Å²) in [7, 11) is 1.17. The highest BCUT2D eigenvalue weighted by Crippen LogP contribution is 2.27. The van der Waals surface area contributed by atoms with Crippen molar-refractivity contribution in [3.05, 3.63) is 34.5 Å². The topological polar surface area (TPSA) is 84.9 Å². The van der Waals surface area contributed by atoms with Gasteiger partial charge in [-0.15, -0.1) is 0 Å². The average Bonchev–Trinajstić information content (AvgIpc) is 2.38. The number of phenolic OH excluding ortho intramolecular Hbond substituents is 1. The molecule has 0 fully saturated rings. The van der Waals surface area contributed by atoms with E-state index in [4.69, 9.17) is 16.3 Å². The Labute approximate surface area is 133 Å². The van der Waals surface area contributed by atoms with Crippen molar-refractivity contribution in [3.8, 4) is 5.75 Å². The highest BCUT2D eigenvalue weighted by atomic mass is 35.5. The molecule has 22 heavy (non-hydrogen) atoms. The van der Waals surface area contributed by atoms with Crippen LogP contribution >= 0.6 is 11.6 Å². The van der Waals surface area contributed by atoms with Gasteiger partial charge in [0.1, 0.15) is 17.0 Å². The molecule has 0 radical (unpaired) electrons. The molecule has 1 aromatic carbocycles. The van der Waals surface area contributed by atoms with Gasteiger partial charge in [0.2, 0.25) is 0 Å². The first-order valence-corrected chi connectivity index (χ1v) is 6.79. The van der Waals surface area contributed by atoms with Crippen LogP contribution < -0.4 is 5.32 Å². The molecule has 120 valence electrons. The average molecular weight is 328 g/mol. The van der Waals surface area contributed by atoms with E-state index in [1.165, 1.54) is 25.3 Å². The van der Waals surface area contributed by atoms with Crippen LogP contribution in [0.4, 0.5) is 4.79 Å². The zero-order chi connectivity index (χ0) is 16.9. The first kappa shape index (κ1) is 17.8. The van der Waals surface area contributed by atoms with Gasteiger partial charge < -0.3 is 14.6 Å².